The standard InChI is InChI=1S/C13H10N2O/c16-13-11-10(8-15-13)6-7-14-12(11)9-4-2-1-3-5-9/h1-8,15-16H. The van der Waals surface area contributed by atoms with E-state index in [4.69, 9.17) is 0 Å². The van der Waals surface area contributed by atoms with Crippen LogP contribution in [0, 0.1) is 0 Å². The number of nitrogens with one attached hydrogen (secondary N) is 1. The molecule has 0 saturated heterocycles. The average molecular weight is 210 g/mol. The number of nitrogens with zero attached hydrogens (tertiary/aromatic N) is 1. The molecule has 2 N–H and O–H groups in total. The highest BCUT2D eigenvalue weighted by Crippen LogP contribution is 2.32. The van der Waals surface area contributed by atoms with Crippen molar-refractivity contribution in [3.8, 4) is 17.1 Å². The lowest BCUT2D eigenvalue weighted by atomic mass is 10.1. The lowest BCUT2D eigenvalue weighted by molar-refractivity contribution is 0.462. The van der Waals surface area contributed by atoms with Gasteiger partial charge in [0.1, 0.15) is 0 Å². The normalized spacial score (nSPS) is 10.8. The Morgan fingerprint density at radius 2 is 1.88 bits per heavy atom. The van der Waals surface area contributed by atoms with Crippen LogP contribution >= 0.6 is 0 Å². The molecule has 0 fully saturated rings. The van der Waals surface area contributed by atoms with Crippen LogP contribution in [0.25, 0.3) is 22.0 Å². The van der Waals surface area contributed by atoms with Crippen LogP contribution < -0.4 is 0 Å². The molecule has 3 nitrogen and oxygen atoms in total. The fourth-order valence-electron chi connectivity index (χ4n) is 1.88. The SMILES string of the molecule is Oc1[nH]cc2ccnc(-c3ccccc3)c12. The molecule has 1 aromatic carbocycles. The Morgan fingerprint density at radius 1 is 1.06 bits per heavy atom. The number of pyridine rings is 1. The van der Waals surface area contributed by atoms with Crippen molar-refractivity contribution in [2.75, 3.05) is 0 Å². The molecule has 78 valence electrons. The Bertz CT molecular complexity index is 629. The zero-order chi connectivity index (χ0) is 11.0. The van der Waals surface area contributed by atoms with Crippen LogP contribution in [0.15, 0.2) is 48.8 Å². The van der Waals surface area contributed by atoms with Gasteiger partial charge in [-0.15, -0.1) is 0 Å². The van der Waals surface area contributed by atoms with Gasteiger partial charge in [-0.2, -0.15) is 0 Å². The molecular weight excluding hydrogens is 200 g/mol. The summed E-state index contributed by atoms with van der Waals surface area (Å²) < 4.78 is 0. The van der Waals surface area contributed by atoms with Crippen molar-refractivity contribution in [3.63, 3.8) is 0 Å². The molecule has 0 aliphatic carbocycles. The lowest BCUT2D eigenvalue weighted by Crippen LogP contribution is -1.83. The van der Waals surface area contributed by atoms with Crippen molar-refractivity contribution in [3.05, 3.63) is 48.8 Å². The Labute approximate surface area is 92.4 Å². The van der Waals surface area contributed by atoms with Gasteiger partial charge in [0, 0.05) is 23.3 Å². The van der Waals surface area contributed by atoms with E-state index in [1.807, 2.05) is 36.4 Å². The molecule has 0 unspecified atom stereocenters. The first-order valence-corrected chi connectivity index (χ1v) is 5.07. The fourth-order valence-corrected chi connectivity index (χ4v) is 1.88. The van der Waals surface area contributed by atoms with Crippen molar-refractivity contribution in [2.45, 2.75) is 0 Å². The maximum absolute atomic E-state index is 9.76. The highest BCUT2D eigenvalue weighted by Gasteiger charge is 2.09. The predicted molar refractivity (Wildman–Crippen MR) is 63.2 cm³/mol. The van der Waals surface area contributed by atoms with Gasteiger partial charge in [0.25, 0.3) is 0 Å². The fraction of sp³-hybridized carbons (Fsp3) is 0. The molecule has 16 heavy (non-hydrogen) atoms. The number of aromatic amines is 1. The summed E-state index contributed by atoms with van der Waals surface area (Å²) in [4.78, 5) is 7.13. The Kier molecular flexibility index (Phi) is 1.90. The predicted octanol–water partition coefficient (Wildman–Crippen LogP) is 2.94. The smallest absolute Gasteiger partial charge is 0.198 e. The van der Waals surface area contributed by atoms with Gasteiger partial charge >= 0.3 is 0 Å². The van der Waals surface area contributed by atoms with Crippen molar-refractivity contribution >= 4 is 10.8 Å². The minimum absolute atomic E-state index is 0.168. The van der Waals surface area contributed by atoms with Crippen LogP contribution in [0.1, 0.15) is 0 Å². The molecule has 0 amide bonds. The quantitative estimate of drug-likeness (QED) is 0.648. The molecule has 0 radical (unpaired) electrons. The largest absolute Gasteiger partial charge is 0.494 e. The number of H-pyrrole nitrogens is 1. The van der Waals surface area contributed by atoms with Gasteiger partial charge in [-0.25, -0.2) is 0 Å². The zero-order valence-corrected chi connectivity index (χ0v) is 8.51. The number of benzene rings is 1. The van der Waals surface area contributed by atoms with Gasteiger partial charge in [-0.05, 0) is 6.07 Å². The van der Waals surface area contributed by atoms with Gasteiger partial charge in [0.2, 0.25) is 0 Å². The summed E-state index contributed by atoms with van der Waals surface area (Å²) in [5.74, 6) is 0.168. The molecule has 0 aliphatic rings. The van der Waals surface area contributed by atoms with Crippen LogP contribution in [0.3, 0.4) is 0 Å². The second kappa shape index (κ2) is 3.38. The van der Waals surface area contributed by atoms with Crippen LogP contribution in [0.5, 0.6) is 5.88 Å². The first kappa shape index (κ1) is 8.97. The summed E-state index contributed by atoms with van der Waals surface area (Å²) in [5.41, 5.74) is 1.81. The van der Waals surface area contributed by atoms with E-state index in [0.29, 0.717) is 0 Å². The van der Waals surface area contributed by atoms with Gasteiger partial charge < -0.3 is 10.1 Å². The van der Waals surface area contributed by atoms with E-state index in [1.165, 1.54) is 0 Å². The molecule has 0 aliphatic heterocycles. The Hall–Kier alpha value is -2.29. The number of aromatic hydroxyl groups is 1. The summed E-state index contributed by atoms with van der Waals surface area (Å²) in [7, 11) is 0. The van der Waals surface area contributed by atoms with Crippen LogP contribution in [0.4, 0.5) is 0 Å². The molecule has 3 heteroatoms. The highest BCUT2D eigenvalue weighted by molar-refractivity contribution is 5.98. The summed E-state index contributed by atoms with van der Waals surface area (Å²) in [6, 6.07) is 11.7. The lowest BCUT2D eigenvalue weighted by Gasteiger charge is -2.02. The Morgan fingerprint density at radius 3 is 2.69 bits per heavy atom. The number of rotatable bonds is 1. The first-order valence-electron chi connectivity index (χ1n) is 5.07. The number of hydrogen-bond acceptors (Lipinski definition) is 2. The summed E-state index contributed by atoms with van der Waals surface area (Å²) in [6.45, 7) is 0. The Balaban J connectivity index is 2.36. The molecular formula is C13H10N2O. The summed E-state index contributed by atoms with van der Waals surface area (Å²) in [6.07, 6.45) is 3.52. The summed E-state index contributed by atoms with van der Waals surface area (Å²) in [5, 5.41) is 11.5. The minimum Gasteiger partial charge on any atom is -0.494 e. The molecule has 3 rings (SSSR count). The third kappa shape index (κ3) is 1.26. The summed E-state index contributed by atoms with van der Waals surface area (Å²) >= 11 is 0. The second-order valence-electron chi connectivity index (χ2n) is 3.63. The molecule has 3 aromatic rings. The van der Waals surface area contributed by atoms with E-state index < -0.39 is 0 Å². The monoisotopic (exact) mass is 210 g/mol. The van der Waals surface area contributed by atoms with E-state index in [1.54, 1.807) is 12.4 Å². The molecule has 2 aromatic heterocycles. The van der Waals surface area contributed by atoms with E-state index in [0.717, 1.165) is 22.0 Å². The number of fused-ring (bicyclic) bond motifs is 1. The molecule has 0 saturated carbocycles. The van der Waals surface area contributed by atoms with E-state index >= 15 is 0 Å². The zero-order valence-electron chi connectivity index (χ0n) is 8.51. The van der Waals surface area contributed by atoms with E-state index in [2.05, 4.69) is 9.97 Å². The second-order valence-corrected chi connectivity index (χ2v) is 3.63. The van der Waals surface area contributed by atoms with Crippen molar-refractivity contribution in [2.24, 2.45) is 0 Å². The topological polar surface area (TPSA) is 48.9 Å². The third-order valence-corrected chi connectivity index (χ3v) is 2.63. The third-order valence-electron chi connectivity index (χ3n) is 2.63. The molecule has 2 heterocycles. The van der Waals surface area contributed by atoms with Crippen molar-refractivity contribution < 1.29 is 5.11 Å². The van der Waals surface area contributed by atoms with Gasteiger partial charge in [0.05, 0.1) is 11.1 Å². The van der Waals surface area contributed by atoms with E-state index in [9.17, 15) is 5.11 Å². The van der Waals surface area contributed by atoms with Crippen LogP contribution in [-0.2, 0) is 0 Å². The van der Waals surface area contributed by atoms with Gasteiger partial charge in [-0.3, -0.25) is 4.98 Å². The van der Waals surface area contributed by atoms with Gasteiger partial charge in [0.15, 0.2) is 5.88 Å². The molecule has 0 atom stereocenters. The molecule has 0 spiro atoms. The number of hydrogen-bond donors (Lipinski definition) is 2. The van der Waals surface area contributed by atoms with E-state index in [-0.39, 0.29) is 5.88 Å². The van der Waals surface area contributed by atoms with Crippen LogP contribution in [-0.4, -0.2) is 15.1 Å². The maximum atomic E-state index is 9.76. The van der Waals surface area contributed by atoms with Crippen molar-refractivity contribution in [1.29, 1.82) is 0 Å². The van der Waals surface area contributed by atoms with Crippen LogP contribution in [0.2, 0.25) is 0 Å². The first-order chi connectivity index (χ1) is 7.86. The number of aromatic nitrogens is 2. The minimum atomic E-state index is 0.168. The average Bonchev–Trinajstić information content (AvgIpc) is 2.73. The molecule has 0 bridgehead atoms. The van der Waals surface area contributed by atoms with Crippen molar-refractivity contribution in [1.82, 2.24) is 9.97 Å². The van der Waals surface area contributed by atoms with Gasteiger partial charge in [-0.1, -0.05) is 30.3 Å². The maximum Gasteiger partial charge on any atom is 0.198 e. The highest BCUT2D eigenvalue weighted by atomic mass is 16.3.